The number of nitrogens with one attached hydrogen (secondary N) is 1. The van der Waals surface area contributed by atoms with E-state index in [2.05, 4.69) is 18.3 Å². The summed E-state index contributed by atoms with van der Waals surface area (Å²) >= 11 is 0. The number of carbonyl (C=O) groups excluding carboxylic acids is 1. The van der Waals surface area contributed by atoms with E-state index in [9.17, 15) is 18.0 Å². The standard InChI is InChI=1S/C14H18F3N3O.C2H4/c1-5-10(7-6-9(2)13(21)20(3)4)11-8-12(19-18-11)14(15,16)17;1-2/h5-9H,1-4H3,(H,18,19);1-2H2/b7-6-,10-5+;. The molecule has 0 saturated heterocycles. The number of H-pyrrole nitrogens is 1. The molecule has 0 fully saturated rings. The zero-order valence-corrected chi connectivity index (χ0v) is 13.7. The largest absolute Gasteiger partial charge is 0.432 e. The molecule has 4 nitrogen and oxygen atoms in total. The molecule has 0 aromatic carbocycles. The van der Waals surface area contributed by atoms with Gasteiger partial charge in [0, 0.05) is 14.1 Å². The van der Waals surface area contributed by atoms with Crippen molar-refractivity contribution < 1.29 is 18.0 Å². The number of halogens is 3. The summed E-state index contributed by atoms with van der Waals surface area (Å²) in [6, 6.07) is 0.943. The fourth-order valence-corrected chi connectivity index (χ4v) is 1.68. The summed E-state index contributed by atoms with van der Waals surface area (Å²) in [7, 11) is 3.29. The van der Waals surface area contributed by atoms with Crippen LogP contribution in [0.1, 0.15) is 25.2 Å². The SMILES string of the molecule is C/C=C(\C=C/C(C)C(=O)N(C)C)c1cc(C(F)(F)F)[nH]n1.C=C. The molecule has 7 heteroatoms. The summed E-state index contributed by atoms with van der Waals surface area (Å²) < 4.78 is 37.6. The molecule has 0 spiro atoms. The predicted molar refractivity (Wildman–Crippen MR) is 85.5 cm³/mol. The monoisotopic (exact) mass is 329 g/mol. The molecule has 1 aromatic rings. The molecule has 0 aliphatic rings. The first-order valence-corrected chi connectivity index (χ1v) is 6.85. The molecule has 0 saturated carbocycles. The molecule has 1 N–H and O–H groups in total. The molecular weight excluding hydrogens is 307 g/mol. The Hall–Kier alpha value is -2.31. The lowest BCUT2D eigenvalue weighted by molar-refractivity contribution is -0.141. The molecule has 0 radical (unpaired) electrons. The summed E-state index contributed by atoms with van der Waals surface area (Å²) in [5.41, 5.74) is -0.201. The first-order valence-electron chi connectivity index (χ1n) is 6.85. The number of aromatic nitrogens is 2. The van der Waals surface area contributed by atoms with Crippen LogP contribution < -0.4 is 0 Å². The highest BCUT2D eigenvalue weighted by molar-refractivity contribution is 5.81. The molecule has 1 aromatic heterocycles. The zero-order valence-electron chi connectivity index (χ0n) is 13.7. The minimum atomic E-state index is -4.46. The normalized spacial score (nSPS) is 13.4. The van der Waals surface area contributed by atoms with Crippen LogP contribution in [0.4, 0.5) is 13.2 Å². The van der Waals surface area contributed by atoms with Crippen molar-refractivity contribution in [3.05, 3.63) is 48.8 Å². The first kappa shape index (κ1) is 20.7. The van der Waals surface area contributed by atoms with E-state index >= 15 is 0 Å². The number of alkyl halides is 3. The Morgan fingerprint density at radius 1 is 1.39 bits per heavy atom. The Balaban J connectivity index is 0.00000232. The smallest absolute Gasteiger partial charge is 0.348 e. The Morgan fingerprint density at radius 3 is 2.35 bits per heavy atom. The van der Waals surface area contributed by atoms with E-state index < -0.39 is 11.9 Å². The second-order valence-corrected chi connectivity index (χ2v) is 4.79. The van der Waals surface area contributed by atoms with Crippen molar-refractivity contribution in [3.63, 3.8) is 0 Å². The molecule has 0 bridgehead atoms. The number of hydrogen-bond acceptors (Lipinski definition) is 2. The average molecular weight is 329 g/mol. The maximum Gasteiger partial charge on any atom is 0.432 e. The van der Waals surface area contributed by atoms with Crippen molar-refractivity contribution >= 4 is 11.5 Å². The van der Waals surface area contributed by atoms with Crippen LogP contribution in [0.15, 0.2) is 37.5 Å². The molecule has 1 amide bonds. The number of amides is 1. The Labute approximate surface area is 134 Å². The number of allylic oxidation sites excluding steroid dienone is 3. The van der Waals surface area contributed by atoms with Crippen molar-refractivity contribution in [2.24, 2.45) is 5.92 Å². The maximum absolute atomic E-state index is 12.5. The van der Waals surface area contributed by atoms with Gasteiger partial charge in [-0.05, 0) is 18.6 Å². The van der Waals surface area contributed by atoms with Gasteiger partial charge in [0.15, 0.2) is 0 Å². The minimum Gasteiger partial charge on any atom is -0.348 e. The molecule has 1 unspecified atom stereocenters. The third-order valence-corrected chi connectivity index (χ3v) is 2.88. The molecule has 0 aliphatic heterocycles. The van der Waals surface area contributed by atoms with E-state index in [0.717, 1.165) is 6.07 Å². The van der Waals surface area contributed by atoms with E-state index in [-0.39, 0.29) is 17.5 Å². The van der Waals surface area contributed by atoms with Crippen molar-refractivity contribution in [2.75, 3.05) is 14.1 Å². The van der Waals surface area contributed by atoms with Crippen molar-refractivity contribution in [1.29, 1.82) is 0 Å². The Kier molecular flexibility index (Phi) is 8.07. The van der Waals surface area contributed by atoms with Gasteiger partial charge in [0.25, 0.3) is 0 Å². The van der Waals surface area contributed by atoms with Gasteiger partial charge in [-0.25, -0.2) is 0 Å². The van der Waals surface area contributed by atoms with Crippen LogP contribution in [0.2, 0.25) is 0 Å². The van der Waals surface area contributed by atoms with E-state index in [1.165, 1.54) is 4.90 Å². The van der Waals surface area contributed by atoms with Crippen LogP contribution in [0.3, 0.4) is 0 Å². The number of aromatic amines is 1. The van der Waals surface area contributed by atoms with E-state index in [0.29, 0.717) is 5.57 Å². The molecular formula is C16H22F3N3O. The van der Waals surface area contributed by atoms with Gasteiger partial charge in [0.1, 0.15) is 5.69 Å². The summed E-state index contributed by atoms with van der Waals surface area (Å²) in [4.78, 5) is 13.2. The van der Waals surface area contributed by atoms with Crippen LogP contribution in [-0.2, 0) is 11.0 Å². The summed E-state index contributed by atoms with van der Waals surface area (Å²) in [6.45, 7) is 9.41. The van der Waals surface area contributed by atoms with Crippen LogP contribution in [0.25, 0.3) is 5.57 Å². The topological polar surface area (TPSA) is 49.0 Å². The highest BCUT2D eigenvalue weighted by Crippen LogP contribution is 2.29. The number of carbonyl (C=O) groups is 1. The van der Waals surface area contributed by atoms with Crippen LogP contribution in [0.5, 0.6) is 0 Å². The highest BCUT2D eigenvalue weighted by Gasteiger charge is 2.33. The molecule has 1 rings (SSSR count). The Bertz CT molecular complexity index is 571. The van der Waals surface area contributed by atoms with Crippen LogP contribution >= 0.6 is 0 Å². The number of hydrogen-bond donors (Lipinski definition) is 1. The number of rotatable bonds is 4. The van der Waals surface area contributed by atoms with Gasteiger partial charge < -0.3 is 4.90 Å². The predicted octanol–water partition coefficient (Wildman–Crippen LogP) is 3.91. The van der Waals surface area contributed by atoms with Gasteiger partial charge in [-0.3, -0.25) is 9.89 Å². The zero-order chi connectivity index (χ0) is 18.2. The van der Waals surface area contributed by atoms with Gasteiger partial charge in [-0.2, -0.15) is 18.3 Å². The maximum atomic E-state index is 12.5. The van der Waals surface area contributed by atoms with E-state index in [1.807, 2.05) is 5.10 Å². The second-order valence-electron chi connectivity index (χ2n) is 4.79. The van der Waals surface area contributed by atoms with Gasteiger partial charge in [-0.15, -0.1) is 13.2 Å². The van der Waals surface area contributed by atoms with E-state index in [1.54, 1.807) is 46.2 Å². The fraction of sp³-hybridized carbons (Fsp3) is 0.375. The van der Waals surface area contributed by atoms with Crippen LogP contribution in [-0.4, -0.2) is 35.1 Å². The second kappa shape index (κ2) is 8.97. The van der Waals surface area contributed by atoms with Gasteiger partial charge >= 0.3 is 6.18 Å². The van der Waals surface area contributed by atoms with Crippen molar-refractivity contribution in [1.82, 2.24) is 15.1 Å². The molecule has 23 heavy (non-hydrogen) atoms. The third-order valence-electron chi connectivity index (χ3n) is 2.88. The molecule has 128 valence electrons. The third kappa shape index (κ3) is 6.14. The molecule has 0 aliphatic carbocycles. The lowest BCUT2D eigenvalue weighted by Crippen LogP contribution is -2.26. The van der Waals surface area contributed by atoms with E-state index in [4.69, 9.17) is 0 Å². The minimum absolute atomic E-state index is 0.0836. The highest BCUT2D eigenvalue weighted by atomic mass is 19.4. The van der Waals surface area contributed by atoms with Gasteiger partial charge in [0.05, 0.1) is 11.6 Å². The van der Waals surface area contributed by atoms with Crippen molar-refractivity contribution in [3.8, 4) is 0 Å². The lowest BCUT2D eigenvalue weighted by atomic mass is 10.1. The fourth-order valence-electron chi connectivity index (χ4n) is 1.68. The molecule has 1 atom stereocenters. The van der Waals surface area contributed by atoms with Gasteiger partial charge in [-0.1, -0.05) is 25.2 Å². The van der Waals surface area contributed by atoms with Crippen LogP contribution in [0, 0.1) is 5.92 Å². The first-order chi connectivity index (χ1) is 10.7. The lowest BCUT2D eigenvalue weighted by Gasteiger charge is -2.13. The average Bonchev–Trinajstić information content (AvgIpc) is 2.98. The number of nitrogens with zero attached hydrogens (tertiary/aromatic N) is 2. The Morgan fingerprint density at radius 2 is 1.96 bits per heavy atom. The summed E-state index contributed by atoms with van der Waals surface area (Å²) in [5, 5.41) is 5.62. The quantitative estimate of drug-likeness (QED) is 0.672. The molecule has 1 heterocycles. The summed E-state index contributed by atoms with van der Waals surface area (Å²) in [6.07, 6.45) is 0.420. The van der Waals surface area contributed by atoms with Gasteiger partial charge in [0.2, 0.25) is 5.91 Å². The van der Waals surface area contributed by atoms with Crippen molar-refractivity contribution in [2.45, 2.75) is 20.0 Å². The summed E-state index contributed by atoms with van der Waals surface area (Å²) in [5.74, 6) is -0.448.